The Morgan fingerprint density at radius 2 is 2.19 bits per heavy atom. The van der Waals surface area contributed by atoms with Gasteiger partial charge in [0.15, 0.2) is 0 Å². The van der Waals surface area contributed by atoms with Gasteiger partial charge in [-0.15, -0.1) is 0 Å². The molecule has 88 valence electrons. The van der Waals surface area contributed by atoms with Crippen molar-refractivity contribution < 1.29 is 0 Å². The van der Waals surface area contributed by atoms with E-state index in [2.05, 4.69) is 22.7 Å². The maximum atomic E-state index is 5.32. The highest BCUT2D eigenvalue weighted by Gasteiger charge is 2.22. The smallest absolute Gasteiger partial charge is 0.142 e. The molecule has 2 rings (SSSR count). The van der Waals surface area contributed by atoms with E-state index in [9.17, 15) is 0 Å². The van der Waals surface area contributed by atoms with Crippen molar-refractivity contribution in [1.29, 1.82) is 0 Å². The van der Waals surface area contributed by atoms with Crippen molar-refractivity contribution in [3.8, 4) is 0 Å². The topological polar surface area (TPSA) is 63.0 Å². The van der Waals surface area contributed by atoms with Crippen LogP contribution in [0.3, 0.4) is 0 Å². The number of hydrazine groups is 1. The van der Waals surface area contributed by atoms with Gasteiger partial charge < -0.3 is 10.7 Å². The second-order valence-corrected chi connectivity index (χ2v) is 4.60. The predicted molar refractivity (Wildman–Crippen MR) is 67.0 cm³/mol. The molecule has 4 nitrogen and oxygen atoms in total. The number of nitrogens with one attached hydrogen (secondary N) is 2. The summed E-state index contributed by atoms with van der Waals surface area (Å²) in [4.78, 5) is 4.33. The summed E-state index contributed by atoms with van der Waals surface area (Å²) in [5.74, 6) is 8.54. The maximum absolute atomic E-state index is 5.32. The first kappa shape index (κ1) is 11.2. The van der Waals surface area contributed by atoms with Crippen molar-refractivity contribution >= 4 is 11.6 Å². The number of nitrogen functional groups attached to an aromatic ring is 1. The summed E-state index contributed by atoms with van der Waals surface area (Å²) in [6.07, 6.45) is 4.07. The van der Waals surface area contributed by atoms with E-state index in [4.69, 9.17) is 5.84 Å². The van der Waals surface area contributed by atoms with Crippen molar-refractivity contribution in [3.05, 3.63) is 18.2 Å². The van der Waals surface area contributed by atoms with Gasteiger partial charge >= 0.3 is 0 Å². The largest absolute Gasteiger partial charge is 0.370 e. The molecule has 1 aliphatic rings. The second-order valence-electron chi connectivity index (χ2n) is 4.60. The SMILES string of the molecule is CC1CCCC1CNc1cccc(NN)n1. The van der Waals surface area contributed by atoms with Crippen molar-refractivity contribution in [3.63, 3.8) is 0 Å². The highest BCUT2D eigenvalue weighted by atomic mass is 15.3. The lowest BCUT2D eigenvalue weighted by Gasteiger charge is -2.16. The number of hydrogen-bond acceptors (Lipinski definition) is 4. The van der Waals surface area contributed by atoms with E-state index < -0.39 is 0 Å². The summed E-state index contributed by atoms with van der Waals surface area (Å²) in [5.41, 5.74) is 2.55. The number of rotatable bonds is 4. The molecule has 1 aromatic rings. The third-order valence-corrected chi connectivity index (χ3v) is 3.48. The molecule has 0 aliphatic heterocycles. The van der Waals surface area contributed by atoms with Crippen LogP contribution in [0.15, 0.2) is 18.2 Å². The first-order valence-electron chi connectivity index (χ1n) is 5.97. The molecule has 4 N–H and O–H groups in total. The monoisotopic (exact) mass is 220 g/mol. The standard InChI is InChI=1S/C12H20N4/c1-9-4-2-5-10(9)8-14-11-6-3-7-12(15-11)16-13/h3,6-7,9-10H,2,4-5,8,13H2,1H3,(H2,14,15,16). The van der Waals surface area contributed by atoms with Crippen LogP contribution < -0.4 is 16.6 Å². The maximum Gasteiger partial charge on any atom is 0.142 e. The average molecular weight is 220 g/mol. The molecule has 0 spiro atoms. The third kappa shape index (κ3) is 2.64. The first-order chi connectivity index (χ1) is 7.79. The van der Waals surface area contributed by atoms with Crippen molar-refractivity contribution in [2.45, 2.75) is 26.2 Å². The van der Waals surface area contributed by atoms with Crippen LogP contribution in [0.2, 0.25) is 0 Å². The zero-order valence-corrected chi connectivity index (χ0v) is 9.74. The number of hydrogen-bond donors (Lipinski definition) is 3. The molecule has 1 saturated carbocycles. The van der Waals surface area contributed by atoms with Gasteiger partial charge in [-0.3, -0.25) is 0 Å². The molecule has 2 atom stereocenters. The summed E-state index contributed by atoms with van der Waals surface area (Å²) in [6.45, 7) is 3.35. The van der Waals surface area contributed by atoms with Crippen LogP contribution in [0, 0.1) is 11.8 Å². The lowest BCUT2D eigenvalue weighted by molar-refractivity contribution is 0.439. The minimum atomic E-state index is 0.699. The first-order valence-corrected chi connectivity index (χ1v) is 5.97. The Bertz CT molecular complexity index is 340. The van der Waals surface area contributed by atoms with Gasteiger partial charge in [0.25, 0.3) is 0 Å². The van der Waals surface area contributed by atoms with Crippen LogP contribution in [-0.4, -0.2) is 11.5 Å². The van der Waals surface area contributed by atoms with E-state index in [1.807, 2.05) is 18.2 Å². The third-order valence-electron chi connectivity index (χ3n) is 3.48. The Hall–Kier alpha value is -1.29. The van der Waals surface area contributed by atoms with Gasteiger partial charge in [-0.05, 0) is 30.4 Å². The molecule has 2 unspecified atom stereocenters. The second kappa shape index (κ2) is 5.16. The van der Waals surface area contributed by atoms with Crippen molar-refractivity contribution in [1.82, 2.24) is 4.98 Å². The molecule has 0 bridgehead atoms. The molecule has 0 aromatic carbocycles. The zero-order valence-electron chi connectivity index (χ0n) is 9.74. The molecule has 0 amide bonds. The van der Waals surface area contributed by atoms with E-state index in [0.717, 1.165) is 24.2 Å². The van der Waals surface area contributed by atoms with Gasteiger partial charge in [-0.1, -0.05) is 25.8 Å². The zero-order chi connectivity index (χ0) is 11.4. The summed E-state index contributed by atoms with van der Waals surface area (Å²) < 4.78 is 0. The fourth-order valence-corrected chi connectivity index (χ4v) is 2.37. The quantitative estimate of drug-likeness (QED) is 0.538. The minimum Gasteiger partial charge on any atom is -0.370 e. The molecule has 1 aromatic heterocycles. The van der Waals surface area contributed by atoms with Crippen LogP contribution in [0.25, 0.3) is 0 Å². The van der Waals surface area contributed by atoms with E-state index in [-0.39, 0.29) is 0 Å². The Morgan fingerprint density at radius 1 is 1.38 bits per heavy atom. The van der Waals surface area contributed by atoms with Gasteiger partial charge in [0.2, 0.25) is 0 Å². The number of anilines is 2. The Morgan fingerprint density at radius 3 is 2.88 bits per heavy atom. The molecular formula is C12H20N4. The molecule has 4 heteroatoms. The highest BCUT2D eigenvalue weighted by Crippen LogP contribution is 2.31. The number of aromatic nitrogens is 1. The van der Waals surface area contributed by atoms with E-state index in [0.29, 0.717) is 5.82 Å². The predicted octanol–water partition coefficient (Wildman–Crippen LogP) is 2.22. The lowest BCUT2D eigenvalue weighted by Crippen LogP contribution is -2.17. The van der Waals surface area contributed by atoms with Crippen LogP contribution in [0.1, 0.15) is 26.2 Å². The fraction of sp³-hybridized carbons (Fsp3) is 0.583. The number of nitrogens with zero attached hydrogens (tertiary/aromatic N) is 1. The van der Waals surface area contributed by atoms with Crippen molar-refractivity contribution in [2.75, 3.05) is 17.3 Å². The van der Waals surface area contributed by atoms with Gasteiger partial charge in [0, 0.05) is 6.54 Å². The van der Waals surface area contributed by atoms with Crippen LogP contribution >= 0.6 is 0 Å². The normalized spacial score (nSPS) is 24.4. The van der Waals surface area contributed by atoms with E-state index >= 15 is 0 Å². The number of pyridine rings is 1. The van der Waals surface area contributed by atoms with Crippen LogP contribution in [-0.2, 0) is 0 Å². The Balaban J connectivity index is 1.88. The lowest BCUT2D eigenvalue weighted by atomic mass is 9.98. The summed E-state index contributed by atoms with van der Waals surface area (Å²) in [7, 11) is 0. The van der Waals surface area contributed by atoms with Gasteiger partial charge in [0.1, 0.15) is 11.6 Å². The molecular weight excluding hydrogens is 200 g/mol. The minimum absolute atomic E-state index is 0.699. The fourth-order valence-electron chi connectivity index (χ4n) is 2.37. The molecule has 1 fully saturated rings. The summed E-state index contributed by atoms with van der Waals surface area (Å²) >= 11 is 0. The molecule has 1 heterocycles. The Kier molecular flexibility index (Phi) is 3.62. The Labute approximate surface area is 96.6 Å². The molecule has 16 heavy (non-hydrogen) atoms. The molecule has 1 aliphatic carbocycles. The van der Waals surface area contributed by atoms with Gasteiger partial charge in [0.05, 0.1) is 0 Å². The van der Waals surface area contributed by atoms with Crippen LogP contribution in [0.4, 0.5) is 11.6 Å². The van der Waals surface area contributed by atoms with E-state index in [1.54, 1.807) is 0 Å². The summed E-state index contributed by atoms with van der Waals surface area (Å²) in [5, 5.41) is 3.39. The number of nitrogens with two attached hydrogens (primary N) is 1. The van der Waals surface area contributed by atoms with E-state index in [1.165, 1.54) is 19.3 Å². The van der Waals surface area contributed by atoms with Gasteiger partial charge in [-0.2, -0.15) is 0 Å². The van der Waals surface area contributed by atoms with Gasteiger partial charge in [-0.25, -0.2) is 10.8 Å². The highest BCUT2D eigenvalue weighted by molar-refractivity contribution is 5.44. The average Bonchev–Trinajstić information content (AvgIpc) is 2.72. The molecule has 0 saturated heterocycles. The van der Waals surface area contributed by atoms with Crippen LogP contribution in [0.5, 0.6) is 0 Å². The molecule has 0 radical (unpaired) electrons. The van der Waals surface area contributed by atoms with Crippen molar-refractivity contribution in [2.24, 2.45) is 17.7 Å². The summed E-state index contributed by atoms with van der Waals surface area (Å²) in [6, 6.07) is 5.77.